The molecule has 1 aromatic carbocycles. The highest BCUT2D eigenvalue weighted by Crippen LogP contribution is 2.40. The second kappa shape index (κ2) is 9.20. The maximum Gasteiger partial charge on any atom is 0.287 e. The lowest BCUT2D eigenvalue weighted by molar-refractivity contribution is 0.0785. The van der Waals surface area contributed by atoms with Gasteiger partial charge in [0.1, 0.15) is 16.6 Å². The maximum atomic E-state index is 14.5. The average Bonchev–Trinajstić information content (AvgIpc) is 3.38. The number of pyridine rings is 1. The van der Waals surface area contributed by atoms with E-state index in [0.717, 1.165) is 5.56 Å². The molecule has 34 heavy (non-hydrogen) atoms. The number of imidazole rings is 1. The van der Waals surface area contributed by atoms with Crippen molar-refractivity contribution in [1.82, 2.24) is 14.3 Å². The number of benzene rings is 1. The molecule has 2 aromatic heterocycles. The molecular formula is C25H24ClF3N3OP. The monoisotopic (exact) mass is 505 g/mol. The van der Waals surface area contributed by atoms with Crippen LogP contribution in [-0.4, -0.2) is 33.3 Å². The average molecular weight is 506 g/mol. The number of fused-ring (bicyclic) bond motifs is 1. The van der Waals surface area contributed by atoms with Crippen LogP contribution in [0.1, 0.15) is 53.4 Å². The van der Waals surface area contributed by atoms with Crippen molar-refractivity contribution in [3.8, 4) is 0 Å². The molecule has 1 fully saturated rings. The Hall–Kier alpha value is -2.63. The van der Waals surface area contributed by atoms with Crippen molar-refractivity contribution in [2.75, 3.05) is 13.1 Å². The number of carbonyl (C=O) groups is 1. The van der Waals surface area contributed by atoms with Gasteiger partial charge in [-0.05, 0) is 55.2 Å². The summed E-state index contributed by atoms with van der Waals surface area (Å²) in [6.45, 7) is 8.29. The van der Waals surface area contributed by atoms with E-state index in [-0.39, 0.29) is 33.8 Å². The number of nitrogens with zero attached hydrogens (tertiary/aromatic N) is 3. The normalized spacial score (nSPS) is 17.0. The fourth-order valence-corrected chi connectivity index (χ4v) is 4.90. The number of allylic oxidation sites excluding steroid dienone is 3. The van der Waals surface area contributed by atoms with Crippen LogP contribution in [0.15, 0.2) is 54.8 Å². The van der Waals surface area contributed by atoms with Gasteiger partial charge in [0.05, 0.1) is 5.56 Å². The molecule has 0 spiro atoms. The van der Waals surface area contributed by atoms with Gasteiger partial charge in [0.25, 0.3) is 11.6 Å². The van der Waals surface area contributed by atoms with Crippen LogP contribution in [0.4, 0.5) is 13.2 Å². The van der Waals surface area contributed by atoms with E-state index in [4.69, 9.17) is 11.6 Å². The third kappa shape index (κ3) is 4.51. The predicted octanol–water partition coefficient (Wildman–Crippen LogP) is 6.66. The van der Waals surface area contributed by atoms with E-state index in [1.807, 2.05) is 6.07 Å². The van der Waals surface area contributed by atoms with Gasteiger partial charge in [-0.15, -0.1) is 0 Å². The van der Waals surface area contributed by atoms with E-state index in [1.54, 1.807) is 37.1 Å². The van der Waals surface area contributed by atoms with Crippen molar-refractivity contribution in [3.63, 3.8) is 0 Å². The summed E-state index contributed by atoms with van der Waals surface area (Å²) in [6, 6.07) is 7.65. The standard InChI is InChI=1S/C25H24ClF3N3OP/c1-4-19(14(2)3)17-11-20(25(28,29)34)23-30-21(22(26)32(23)13-17)24(33)31-9-8-16(12-31)15-6-5-7-18(27)10-15/h4-7,10-11,13,16H,2,8-9,12,34H2,1,3H3/b19-4+. The number of carbonyl (C=O) groups excluding carboxylic acids is 1. The molecule has 2 unspecified atom stereocenters. The SMILES string of the molecule is C=C(C)/C(=C\C)c1cc(C(F)(F)P)c2nc(C(=O)N3CCC(c4cccc(F)c4)C3)c(Cl)n2c1. The van der Waals surface area contributed by atoms with Gasteiger partial charge < -0.3 is 4.90 Å². The summed E-state index contributed by atoms with van der Waals surface area (Å²) in [5.41, 5.74) is -1.15. The van der Waals surface area contributed by atoms with Crippen LogP contribution in [0.25, 0.3) is 11.2 Å². The third-order valence-electron chi connectivity index (χ3n) is 6.08. The highest BCUT2D eigenvalue weighted by atomic mass is 35.5. The Morgan fingerprint density at radius 2 is 2.09 bits per heavy atom. The smallest absolute Gasteiger partial charge is 0.287 e. The van der Waals surface area contributed by atoms with Crippen LogP contribution >= 0.6 is 20.8 Å². The first kappa shape index (κ1) is 24.5. The molecule has 9 heteroatoms. The number of halogens is 4. The van der Waals surface area contributed by atoms with E-state index in [9.17, 15) is 18.0 Å². The third-order valence-corrected chi connectivity index (χ3v) is 6.75. The Morgan fingerprint density at radius 1 is 1.35 bits per heavy atom. The van der Waals surface area contributed by atoms with E-state index in [2.05, 4.69) is 11.6 Å². The predicted molar refractivity (Wildman–Crippen MR) is 132 cm³/mol. The molecule has 178 valence electrons. The summed E-state index contributed by atoms with van der Waals surface area (Å²) in [5.74, 6) is -0.803. The fourth-order valence-electron chi connectivity index (χ4n) is 4.43. The van der Waals surface area contributed by atoms with E-state index in [1.165, 1.54) is 31.8 Å². The Balaban J connectivity index is 1.74. The lowest BCUT2D eigenvalue weighted by Crippen LogP contribution is -2.29. The fraction of sp³-hybridized carbons (Fsp3) is 0.280. The van der Waals surface area contributed by atoms with Gasteiger partial charge in [-0.2, -0.15) is 8.78 Å². The highest BCUT2D eigenvalue weighted by molar-refractivity contribution is 7.17. The minimum atomic E-state index is -3.30. The quantitative estimate of drug-likeness (QED) is 0.287. The number of aromatic nitrogens is 2. The summed E-state index contributed by atoms with van der Waals surface area (Å²) in [6.07, 6.45) is 4.02. The van der Waals surface area contributed by atoms with E-state index in [0.29, 0.717) is 36.2 Å². The molecule has 1 saturated heterocycles. The van der Waals surface area contributed by atoms with Crippen LogP contribution in [0.5, 0.6) is 0 Å². The van der Waals surface area contributed by atoms with Crippen molar-refractivity contribution >= 4 is 38.0 Å². The lowest BCUT2D eigenvalue weighted by Gasteiger charge is -2.15. The van der Waals surface area contributed by atoms with Crippen LogP contribution < -0.4 is 0 Å². The van der Waals surface area contributed by atoms with Crippen molar-refractivity contribution in [1.29, 1.82) is 0 Å². The zero-order valence-electron chi connectivity index (χ0n) is 18.8. The van der Waals surface area contributed by atoms with Crippen molar-refractivity contribution < 1.29 is 18.0 Å². The Labute approximate surface area is 203 Å². The van der Waals surface area contributed by atoms with Gasteiger partial charge in [0.2, 0.25) is 0 Å². The molecule has 0 radical (unpaired) electrons. The summed E-state index contributed by atoms with van der Waals surface area (Å²) in [7, 11) is 1.52. The first-order chi connectivity index (χ1) is 16.0. The zero-order valence-corrected chi connectivity index (χ0v) is 20.7. The van der Waals surface area contributed by atoms with Crippen LogP contribution in [0.2, 0.25) is 5.15 Å². The number of hydrogen-bond acceptors (Lipinski definition) is 2. The Bertz CT molecular complexity index is 1330. The molecule has 4 rings (SSSR count). The topological polar surface area (TPSA) is 37.6 Å². The van der Waals surface area contributed by atoms with Gasteiger partial charge in [0, 0.05) is 25.2 Å². The van der Waals surface area contributed by atoms with Crippen molar-refractivity contribution in [2.45, 2.75) is 31.8 Å². The molecule has 3 heterocycles. The van der Waals surface area contributed by atoms with Gasteiger partial charge in [-0.1, -0.05) is 51.2 Å². The number of rotatable bonds is 5. The molecule has 0 bridgehead atoms. The van der Waals surface area contributed by atoms with Gasteiger partial charge in [-0.3, -0.25) is 9.20 Å². The number of likely N-dealkylation sites (tertiary alicyclic amines) is 1. The highest BCUT2D eigenvalue weighted by Gasteiger charge is 2.34. The zero-order chi connectivity index (χ0) is 24.8. The molecule has 0 saturated carbocycles. The molecule has 1 amide bonds. The summed E-state index contributed by atoms with van der Waals surface area (Å²) in [4.78, 5) is 19.1. The number of amides is 1. The van der Waals surface area contributed by atoms with Crippen molar-refractivity contribution in [3.05, 3.63) is 88.1 Å². The van der Waals surface area contributed by atoms with E-state index < -0.39 is 11.6 Å². The van der Waals surface area contributed by atoms with Crippen LogP contribution in [0, 0.1) is 5.82 Å². The van der Waals surface area contributed by atoms with Crippen LogP contribution in [0.3, 0.4) is 0 Å². The minimum Gasteiger partial charge on any atom is -0.337 e. The summed E-state index contributed by atoms with van der Waals surface area (Å²) < 4.78 is 44.0. The molecule has 4 nitrogen and oxygen atoms in total. The Kier molecular flexibility index (Phi) is 6.63. The molecule has 1 aliphatic rings. The van der Waals surface area contributed by atoms with Gasteiger partial charge in [0.15, 0.2) is 5.69 Å². The first-order valence-corrected chi connectivity index (χ1v) is 11.7. The summed E-state index contributed by atoms with van der Waals surface area (Å²) >= 11 is 6.54. The molecule has 2 atom stereocenters. The molecule has 3 aromatic rings. The second-order valence-corrected chi connectivity index (χ2v) is 9.57. The summed E-state index contributed by atoms with van der Waals surface area (Å²) in [5, 5.41) is -0.0382. The maximum absolute atomic E-state index is 14.5. The molecule has 1 aliphatic heterocycles. The number of alkyl halides is 2. The minimum absolute atomic E-state index is 0.0261. The number of hydrogen-bond donors (Lipinski definition) is 0. The van der Waals surface area contributed by atoms with Crippen molar-refractivity contribution in [2.24, 2.45) is 0 Å². The molecule has 0 aliphatic carbocycles. The largest absolute Gasteiger partial charge is 0.337 e. The Morgan fingerprint density at radius 3 is 2.71 bits per heavy atom. The van der Waals surface area contributed by atoms with Gasteiger partial charge >= 0.3 is 0 Å². The van der Waals surface area contributed by atoms with Crippen LogP contribution in [-0.2, 0) is 5.66 Å². The molecular weight excluding hydrogens is 482 g/mol. The second-order valence-electron chi connectivity index (χ2n) is 8.48. The molecule has 0 N–H and O–H groups in total. The first-order valence-electron chi connectivity index (χ1n) is 10.8. The van der Waals surface area contributed by atoms with E-state index >= 15 is 0 Å². The lowest BCUT2D eigenvalue weighted by atomic mass is 9.98. The van der Waals surface area contributed by atoms with Gasteiger partial charge in [-0.25, -0.2) is 9.37 Å².